The maximum Gasteiger partial charge on any atom is 0.0772 e. The summed E-state index contributed by atoms with van der Waals surface area (Å²) in [6.07, 6.45) is 1.89. The highest BCUT2D eigenvalue weighted by Crippen LogP contribution is 2.23. The Morgan fingerprint density at radius 2 is 2.21 bits per heavy atom. The van der Waals surface area contributed by atoms with Gasteiger partial charge in [-0.25, -0.2) is 0 Å². The molecule has 0 aliphatic carbocycles. The van der Waals surface area contributed by atoms with E-state index in [9.17, 15) is 0 Å². The van der Waals surface area contributed by atoms with Gasteiger partial charge in [-0.1, -0.05) is 18.3 Å². The number of rotatable bonds is 6. The van der Waals surface area contributed by atoms with E-state index >= 15 is 0 Å². The molecule has 6 heteroatoms. The minimum Gasteiger partial charge on any atom is -0.309 e. The largest absolute Gasteiger partial charge is 0.309 e. The summed E-state index contributed by atoms with van der Waals surface area (Å²) in [6.45, 7) is 7.20. The predicted molar refractivity (Wildman–Crippen MR) is 77.4 cm³/mol. The normalized spacial score (nSPS) is 12.8. The fourth-order valence-corrected chi connectivity index (χ4v) is 2.92. The molecule has 0 aliphatic rings. The molecule has 2 rings (SSSR count). The van der Waals surface area contributed by atoms with Gasteiger partial charge in [0.2, 0.25) is 0 Å². The lowest BCUT2D eigenvalue weighted by Gasteiger charge is -2.16. The molecule has 2 aromatic rings. The highest BCUT2D eigenvalue weighted by molar-refractivity contribution is 7.05. The zero-order valence-electron chi connectivity index (χ0n) is 12.0. The molecule has 0 saturated heterocycles. The summed E-state index contributed by atoms with van der Waals surface area (Å²) >= 11 is 1.48. The summed E-state index contributed by atoms with van der Waals surface area (Å²) < 4.78 is 6.02. The first-order chi connectivity index (χ1) is 9.15. The molecule has 0 amide bonds. The van der Waals surface area contributed by atoms with E-state index in [1.54, 1.807) is 0 Å². The molecule has 0 fully saturated rings. The topological polar surface area (TPSA) is 55.6 Å². The number of hydrogen-bond acceptors (Lipinski definition) is 5. The lowest BCUT2D eigenvalue weighted by molar-refractivity contribution is 0.533. The standard InChI is InChI=1S/C13H21N5S/c1-5-10-7-11(18(4)16-10)8-12(14-6-2)13-9(3)15-17-19-13/h7,12,14H,5-6,8H2,1-4H3. The maximum atomic E-state index is 4.51. The number of nitrogens with one attached hydrogen (secondary N) is 1. The van der Waals surface area contributed by atoms with Crippen LogP contribution in [0.4, 0.5) is 0 Å². The van der Waals surface area contributed by atoms with E-state index in [0.717, 1.165) is 30.8 Å². The van der Waals surface area contributed by atoms with Crippen molar-refractivity contribution in [3.05, 3.63) is 28.0 Å². The molecule has 0 spiro atoms. The average molecular weight is 279 g/mol. The maximum absolute atomic E-state index is 4.51. The van der Waals surface area contributed by atoms with Crippen LogP contribution in [-0.2, 0) is 19.9 Å². The molecule has 104 valence electrons. The number of hydrogen-bond donors (Lipinski definition) is 1. The second-order valence-electron chi connectivity index (χ2n) is 4.64. The van der Waals surface area contributed by atoms with E-state index in [-0.39, 0.29) is 6.04 Å². The first-order valence-electron chi connectivity index (χ1n) is 6.69. The lowest BCUT2D eigenvalue weighted by Crippen LogP contribution is -2.23. The summed E-state index contributed by atoms with van der Waals surface area (Å²) in [7, 11) is 2.01. The van der Waals surface area contributed by atoms with Crippen LogP contribution in [0.2, 0.25) is 0 Å². The molecular weight excluding hydrogens is 258 g/mol. The molecule has 0 bridgehead atoms. The molecule has 2 heterocycles. The van der Waals surface area contributed by atoms with Crippen LogP contribution < -0.4 is 5.32 Å². The molecule has 0 saturated carbocycles. The summed E-state index contributed by atoms with van der Waals surface area (Å²) in [6, 6.07) is 2.46. The third kappa shape index (κ3) is 3.19. The first-order valence-corrected chi connectivity index (χ1v) is 7.47. The molecule has 0 aromatic carbocycles. The molecule has 19 heavy (non-hydrogen) atoms. The smallest absolute Gasteiger partial charge is 0.0772 e. The zero-order chi connectivity index (χ0) is 13.8. The van der Waals surface area contributed by atoms with Crippen molar-refractivity contribution >= 4 is 11.5 Å². The molecule has 1 unspecified atom stereocenters. The van der Waals surface area contributed by atoms with Gasteiger partial charge in [-0.05, 0) is 37.5 Å². The third-order valence-corrected chi connectivity index (χ3v) is 4.20. The average Bonchev–Trinajstić information content (AvgIpc) is 2.96. The second kappa shape index (κ2) is 6.25. The van der Waals surface area contributed by atoms with Gasteiger partial charge in [0.15, 0.2) is 0 Å². The second-order valence-corrected chi connectivity index (χ2v) is 5.43. The van der Waals surface area contributed by atoms with Gasteiger partial charge < -0.3 is 5.32 Å². The van der Waals surface area contributed by atoms with Gasteiger partial charge in [-0.2, -0.15) is 5.10 Å². The van der Waals surface area contributed by atoms with Crippen molar-refractivity contribution in [2.24, 2.45) is 7.05 Å². The van der Waals surface area contributed by atoms with Crippen LogP contribution in [-0.4, -0.2) is 25.9 Å². The van der Waals surface area contributed by atoms with Crippen molar-refractivity contribution in [2.75, 3.05) is 6.54 Å². The van der Waals surface area contributed by atoms with Crippen molar-refractivity contribution in [1.82, 2.24) is 24.7 Å². The Kier molecular flexibility index (Phi) is 4.66. The Labute approximate surface area is 118 Å². The van der Waals surface area contributed by atoms with Crippen molar-refractivity contribution in [3.8, 4) is 0 Å². The van der Waals surface area contributed by atoms with E-state index < -0.39 is 0 Å². The van der Waals surface area contributed by atoms with Crippen LogP contribution in [0.5, 0.6) is 0 Å². The molecule has 5 nitrogen and oxygen atoms in total. The van der Waals surface area contributed by atoms with Crippen molar-refractivity contribution in [3.63, 3.8) is 0 Å². The molecule has 0 radical (unpaired) electrons. The van der Waals surface area contributed by atoms with E-state index in [1.165, 1.54) is 22.1 Å². The van der Waals surface area contributed by atoms with Gasteiger partial charge in [0.1, 0.15) is 0 Å². The van der Waals surface area contributed by atoms with Crippen LogP contribution in [0.1, 0.15) is 41.8 Å². The van der Waals surface area contributed by atoms with Crippen LogP contribution >= 0.6 is 11.5 Å². The fraction of sp³-hybridized carbons (Fsp3) is 0.615. The van der Waals surface area contributed by atoms with Crippen molar-refractivity contribution in [1.29, 1.82) is 0 Å². The van der Waals surface area contributed by atoms with Crippen LogP contribution in [0.15, 0.2) is 6.07 Å². The zero-order valence-corrected chi connectivity index (χ0v) is 12.8. The van der Waals surface area contributed by atoms with Crippen molar-refractivity contribution in [2.45, 2.75) is 39.7 Å². The number of aryl methyl sites for hydroxylation is 3. The van der Waals surface area contributed by atoms with Gasteiger partial charge in [0.25, 0.3) is 0 Å². The Morgan fingerprint density at radius 1 is 1.42 bits per heavy atom. The highest BCUT2D eigenvalue weighted by atomic mass is 32.1. The van der Waals surface area contributed by atoms with Gasteiger partial charge in [-0.3, -0.25) is 4.68 Å². The van der Waals surface area contributed by atoms with Crippen LogP contribution in [0, 0.1) is 6.92 Å². The first kappa shape index (κ1) is 14.1. The summed E-state index contributed by atoms with van der Waals surface area (Å²) in [5.74, 6) is 0. The fourth-order valence-electron chi connectivity index (χ4n) is 2.21. The molecule has 2 aromatic heterocycles. The molecule has 1 atom stereocenters. The summed E-state index contributed by atoms with van der Waals surface area (Å²) in [5.41, 5.74) is 3.41. The Morgan fingerprint density at radius 3 is 2.74 bits per heavy atom. The quantitative estimate of drug-likeness (QED) is 0.879. The van der Waals surface area contributed by atoms with Gasteiger partial charge in [0, 0.05) is 19.2 Å². The number of nitrogens with zero attached hydrogens (tertiary/aromatic N) is 4. The summed E-state index contributed by atoms with van der Waals surface area (Å²) in [5, 5.41) is 12.1. The molecular formula is C13H21N5S. The molecule has 0 aliphatic heterocycles. The molecule has 1 N–H and O–H groups in total. The predicted octanol–water partition coefficient (Wildman–Crippen LogP) is 2.04. The van der Waals surface area contributed by atoms with Crippen LogP contribution in [0.3, 0.4) is 0 Å². The minimum atomic E-state index is 0.269. The van der Waals surface area contributed by atoms with E-state index in [0.29, 0.717) is 0 Å². The third-order valence-electron chi connectivity index (χ3n) is 3.26. The SMILES string of the molecule is CCNC(Cc1cc(CC)nn1C)c1snnc1C. The van der Waals surface area contributed by atoms with E-state index in [4.69, 9.17) is 0 Å². The monoisotopic (exact) mass is 279 g/mol. The van der Waals surface area contributed by atoms with Gasteiger partial charge >= 0.3 is 0 Å². The highest BCUT2D eigenvalue weighted by Gasteiger charge is 2.18. The Balaban J connectivity index is 2.21. The summed E-state index contributed by atoms with van der Waals surface area (Å²) in [4.78, 5) is 1.22. The minimum absolute atomic E-state index is 0.269. The lowest BCUT2D eigenvalue weighted by atomic mass is 10.1. The van der Waals surface area contributed by atoms with Gasteiger partial charge in [0.05, 0.1) is 22.3 Å². The Hall–Kier alpha value is -1.27. The van der Waals surface area contributed by atoms with Crippen LogP contribution in [0.25, 0.3) is 0 Å². The number of likely N-dealkylation sites (N-methyl/N-ethyl adjacent to an activating group) is 1. The van der Waals surface area contributed by atoms with Gasteiger partial charge in [-0.15, -0.1) is 5.10 Å². The van der Waals surface area contributed by atoms with E-state index in [1.807, 2.05) is 18.7 Å². The van der Waals surface area contributed by atoms with Crippen molar-refractivity contribution < 1.29 is 0 Å². The Bertz CT molecular complexity index is 531. The van der Waals surface area contributed by atoms with E-state index in [2.05, 4.69) is 39.9 Å². The number of aromatic nitrogens is 4.